The number of ether oxygens (including phenoxy) is 1. The third kappa shape index (κ3) is 5.70. The van der Waals surface area contributed by atoms with Crippen LogP contribution in [0.15, 0.2) is 12.2 Å². The average molecular weight is 111 g/mol. The van der Waals surface area contributed by atoms with Crippen molar-refractivity contribution >= 4 is 0 Å². The molecule has 0 heterocycles. The SMILES string of the molecule is [C]OCCCC(=C)C. The zero-order chi connectivity index (χ0) is 6.41. The van der Waals surface area contributed by atoms with E-state index in [4.69, 9.17) is 7.11 Å². The molecule has 3 radical (unpaired) electrons. The summed E-state index contributed by atoms with van der Waals surface area (Å²) in [6.07, 6.45) is 1.89. The van der Waals surface area contributed by atoms with Gasteiger partial charge in [-0.1, -0.05) is 5.57 Å². The molecule has 1 heteroatoms. The third-order valence-corrected chi connectivity index (χ3v) is 0.850. The van der Waals surface area contributed by atoms with E-state index in [9.17, 15) is 0 Å². The molecule has 0 fully saturated rings. The summed E-state index contributed by atoms with van der Waals surface area (Å²) in [5.74, 6) is 0. The van der Waals surface area contributed by atoms with Gasteiger partial charge < -0.3 is 4.74 Å². The number of hydrogen-bond donors (Lipinski definition) is 0. The Balaban J connectivity index is 2.82. The first-order valence-electron chi connectivity index (χ1n) is 2.70. The van der Waals surface area contributed by atoms with E-state index in [0.29, 0.717) is 6.61 Å². The highest BCUT2D eigenvalue weighted by atomic mass is 16.5. The van der Waals surface area contributed by atoms with Gasteiger partial charge in [0.25, 0.3) is 0 Å². The Morgan fingerprint density at radius 3 is 2.75 bits per heavy atom. The molecule has 0 atom stereocenters. The molecular weight excluding hydrogens is 100 g/mol. The zero-order valence-electron chi connectivity index (χ0n) is 5.24. The van der Waals surface area contributed by atoms with Gasteiger partial charge >= 0.3 is 0 Å². The molecule has 0 saturated carbocycles. The third-order valence-electron chi connectivity index (χ3n) is 0.850. The van der Waals surface area contributed by atoms with E-state index >= 15 is 0 Å². The van der Waals surface area contributed by atoms with Gasteiger partial charge in [-0.3, -0.25) is 0 Å². The van der Waals surface area contributed by atoms with Crippen molar-refractivity contribution in [1.82, 2.24) is 0 Å². The Morgan fingerprint density at radius 1 is 1.75 bits per heavy atom. The van der Waals surface area contributed by atoms with Crippen LogP contribution in [0.25, 0.3) is 0 Å². The van der Waals surface area contributed by atoms with Gasteiger partial charge in [-0.05, 0) is 19.8 Å². The van der Waals surface area contributed by atoms with E-state index in [2.05, 4.69) is 11.3 Å². The lowest BCUT2D eigenvalue weighted by Gasteiger charge is -1.95. The van der Waals surface area contributed by atoms with Crippen LogP contribution >= 0.6 is 0 Å². The van der Waals surface area contributed by atoms with Gasteiger partial charge in [0.1, 0.15) is 0 Å². The highest BCUT2D eigenvalue weighted by molar-refractivity contribution is 4.86. The van der Waals surface area contributed by atoms with E-state index in [0.717, 1.165) is 18.4 Å². The first-order valence-corrected chi connectivity index (χ1v) is 2.70. The molecule has 0 aromatic rings. The van der Waals surface area contributed by atoms with E-state index in [1.165, 1.54) is 0 Å². The normalized spacial score (nSPS) is 9.25. The Morgan fingerprint density at radius 2 is 2.38 bits per heavy atom. The van der Waals surface area contributed by atoms with Crippen molar-refractivity contribution < 1.29 is 4.74 Å². The molecule has 0 aromatic heterocycles. The fraction of sp³-hybridized carbons (Fsp3) is 0.571. The quantitative estimate of drug-likeness (QED) is 0.397. The van der Waals surface area contributed by atoms with E-state index in [1.807, 2.05) is 6.92 Å². The number of rotatable bonds is 4. The Bertz CT molecular complexity index is 66.8. The molecule has 0 saturated heterocycles. The average Bonchev–Trinajstić information content (AvgIpc) is 1.66. The second-order valence-corrected chi connectivity index (χ2v) is 1.91. The Kier molecular flexibility index (Phi) is 4.67. The number of hydrogen-bond acceptors (Lipinski definition) is 1. The topological polar surface area (TPSA) is 9.23 Å². The van der Waals surface area contributed by atoms with Crippen LogP contribution in [0.1, 0.15) is 19.8 Å². The molecule has 0 unspecified atom stereocenters. The van der Waals surface area contributed by atoms with Crippen LogP contribution in [0.2, 0.25) is 0 Å². The lowest BCUT2D eigenvalue weighted by Crippen LogP contribution is -1.85. The van der Waals surface area contributed by atoms with E-state index in [1.54, 1.807) is 0 Å². The zero-order valence-corrected chi connectivity index (χ0v) is 5.24. The molecule has 0 aliphatic rings. The van der Waals surface area contributed by atoms with Crippen LogP contribution in [0.4, 0.5) is 0 Å². The molecule has 0 rings (SSSR count). The first kappa shape index (κ1) is 7.70. The minimum atomic E-state index is 0.521. The van der Waals surface area contributed by atoms with Gasteiger partial charge in [-0.15, -0.1) is 6.58 Å². The molecule has 8 heavy (non-hydrogen) atoms. The molecule has 45 valence electrons. The summed E-state index contributed by atoms with van der Waals surface area (Å²) in [6, 6.07) is 0. The molecular formula is C7H11O. The maximum atomic E-state index is 6.32. The fourth-order valence-corrected chi connectivity index (χ4v) is 0.446. The first-order chi connectivity index (χ1) is 3.77. The number of allylic oxidation sites excluding steroid dienone is 1. The maximum absolute atomic E-state index is 6.32. The molecule has 0 aliphatic heterocycles. The largest absolute Gasteiger partial charge is 0.365 e. The van der Waals surface area contributed by atoms with Crippen molar-refractivity contribution in [3.63, 3.8) is 0 Å². The molecule has 0 aliphatic carbocycles. The van der Waals surface area contributed by atoms with Gasteiger partial charge in [-0.25, -0.2) is 0 Å². The van der Waals surface area contributed by atoms with Crippen LogP contribution in [0.3, 0.4) is 0 Å². The monoisotopic (exact) mass is 111 g/mol. The molecule has 0 bridgehead atoms. The van der Waals surface area contributed by atoms with Crippen molar-refractivity contribution in [2.24, 2.45) is 0 Å². The smallest absolute Gasteiger partial charge is 0.173 e. The fourth-order valence-electron chi connectivity index (χ4n) is 0.446. The van der Waals surface area contributed by atoms with Gasteiger partial charge in [0.15, 0.2) is 7.11 Å². The molecule has 0 aromatic carbocycles. The molecule has 0 N–H and O–H groups in total. The van der Waals surface area contributed by atoms with Gasteiger partial charge in [0.2, 0.25) is 0 Å². The lowest BCUT2D eigenvalue weighted by atomic mass is 10.2. The van der Waals surface area contributed by atoms with Crippen molar-refractivity contribution in [2.45, 2.75) is 19.8 Å². The van der Waals surface area contributed by atoms with Gasteiger partial charge in [0, 0.05) is 6.61 Å². The lowest BCUT2D eigenvalue weighted by molar-refractivity contribution is 0.237. The van der Waals surface area contributed by atoms with Crippen molar-refractivity contribution in [1.29, 1.82) is 0 Å². The van der Waals surface area contributed by atoms with Crippen LogP contribution in [0, 0.1) is 7.11 Å². The van der Waals surface area contributed by atoms with Gasteiger partial charge in [0.05, 0.1) is 0 Å². The Labute approximate surface area is 51.4 Å². The van der Waals surface area contributed by atoms with Crippen molar-refractivity contribution in [3.8, 4) is 0 Å². The predicted molar refractivity (Wildman–Crippen MR) is 33.2 cm³/mol. The second kappa shape index (κ2) is 4.85. The minimum absolute atomic E-state index is 0.521. The summed E-state index contributed by atoms with van der Waals surface area (Å²) >= 11 is 0. The van der Waals surface area contributed by atoms with Crippen LogP contribution in [0.5, 0.6) is 0 Å². The Hall–Kier alpha value is -0.300. The molecule has 0 amide bonds. The van der Waals surface area contributed by atoms with Crippen LogP contribution in [-0.4, -0.2) is 6.61 Å². The van der Waals surface area contributed by atoms with Crippen LogP contribution < -0.4 is 0 Å². The maximum Gasteiger partial charge on any atom is 0.173 e. The van der Waals surface area contributed by atoms with Crippen LogP contribution in [-0.2, 0) is 4.74 Å². The van der Waals surface area contributed by atoms with Gasteiger partial charge in [-0.2, -0.15) is 0 Å². The highest BCUT2D eigenvalue weighted by Gasteiger charge is 1.84. The second-order valence-electron chi connectivity index (χ2n) is 1.91. The van der Waals surface area contributed by atoms with Crippen molar-refractivity contribution in [2.75, 3.05) is 6.61 Å². The summed E-state index contributed by atoms with van der Waals surface area (Å²) in [5.41, 5.74) is 1.15. The summed E-state index contributed by atoms with van der Waals surface area (Å²) in [5, 5.41) is 0. The molecule has 1 nitrogen and oxygen atoms in total. The van der Waals surface area contributed by atoms with E-state index < -0.39 is 0 Å². The summed E-state index contributed by atoms with van der Waals surface area (Å²) in [4.78, 5) is 0. The summed E-state index contributed by atoms with van der Waals surface area (Å²) in [6.45, 7) is 6.21. The standard InChI is InChI=1S/C7H11O/c1-7(2)5-4-6-8-3/h1,4-6H2,2H3. The highest BCUT2D eigenvalue weighted by Crippen LogP contribution is 1.98. The summed E-state index contributed by atoms with van der Waals surface area (Å²) < 4.78 is 4.10. The predicted octanol–water partition coefficient (Wildman–Crippen LogP) is 1.90. The van der Waals surface area contributed by atoms with Crippen molar-refractivity contribution in [3.05, 3.63) is 19.3 Å². The minimum Gasteiger partial charge on any atom is -0.365 e. The summed E-state index contributed by atoms with van der Waals surface area (Å²) in [7, 11) is 6.32. The molecule has 0 spiro atoms. The van der Waals surface area contributed by atoms with E-state index in [-0.39, 0.29) is 0 Å².